The second-order valence-corrected chi connectivity index (χ2v) is 8.33. The third-order valence-electron chi connectivity index (χ3n) is 5.75. The largest absolute Gasteiger partial charge is 0.419 e. The molecule has 1 unspecified atom stereocenters. The Kier molecular flexibility index (Phi) is 7.13. The van der Waals surface area contributed by atoms with Crippen molar-refractivity contribution in [2.75, 3.05) is 32.0 Å². The van der Waals surface area contributed by atoms with Gasteiger partial charge < -0.3 is 15.5 Å². The molecule has 0 spiro atoms. The van der Waals surface area contributed by atoms with Crippen molar-refractivity contribution < 1.29 is 40.8 Å². The molecule has 1 aromatic heterocycles. The van der Waals surface area contributed by atoms with Crippen molar-refractivity contribution in [3.8, 4) is 0 Å². The molecular weight excluding hydrogens is 498 g/mol. The third-order valence-corrected chi connectivity index (χ3v) is 5.75. The fourth-order valence-corrected chi connectivity index (χ4v) is 4.10. The first-order chi connectivity index (χ1) is 16.9. The van der Waals surface area contributed by atoms with Crippen molar-refractivity contribution in [3.63, 3.8) is 0 Å². The molecule has 2 aliphatic heterocycles. The minimum atomic E-state index is -4.93. The second kappa shape index (κ2) is 9.97. The summed E-state index contributed by atoms with van der Waals surface area (Å²) in [4.78, 5) is 32.6. The molecule has 0 saturated heterocycles. The van der Waals surface area contributed by atoms with E-state index in [1.807, 2.05) is 0 Å². The lowest BCUT2D eigenvalue weighted by Gasteiger charge is -2.27. The van der Waals surface area contributed by atoms with Gasteiger partial charge in [-0.25, -0.2) is 23.0 Å². The summed E-state index contributed by atoms with van der Waals surface area (Å²) in [6.07, 6.45) is -7.87. The number of halogens is 6. The molecule has 3 heterocycles. The molecule has 2 N–H and O–H groups in total. The lowest BCUT2D eigenvalue weighted by molar-refractivity contribution is -0.146. The summed E-state index contributed by atoms with van der Waals surface area (Å²) >= 11 is 0. The number of carbonyl (C=O) groups is 2. The quantitative estimate of drug-likeness (QED) is 0.592. The van der Waals surface area contributed by atoms with E-state index in [0.717, 1.165) is 11.1 Å². The van der Waals surface area contributed by atoms with Gasteiger partial charge in [0, 0.05) is 37.8 Å². The van der Waals surface area contributed by atoms with Gasteiger partial charge in [0.15, 0.2) is 0 Å². The van der Waals surface area contributed by atoms with E-state index in [9.17, 15) is 35.9 Å². The summed E-state index contributed by atoms with van der Waals surface area (Å²) in [5.41, 5.74) is -0.556. The summed E-state index contributed by atoms with van der Waals surface area (Å²) in [5.74, 6) is -2.01. The predicted octanol–water partition coefficient (Wildman–Crippen LogP) is 2.87. The average Bonchev–Trinajstić information content (AvgIpc) is 3.10. The number of hydrogen-bond acceptors (Lipinski definition) is 5. The van der Waals surface area contributed by atoms with Crippen LogP contribution in [0, 0.1) is 5.82 Å². The van der Waals surface area contributed by atoms with Gasteiger partial charge in [-0.1, -0.05) is 0 Å². The van der Waals surface area contributed by atoms with Crippen LogP contribution >= 0.6 is 0 Å². The van der Waals surface area contributed by atoms with E-state index < -0.39 is 48.6 Å². The summed E-state index contributed by atoms with van der Waals surface area (Å²) in [6.45, 7) is -0.294. The van der Waals surface area contributed by atoms with E-state index in [1.54, 1.807) is 0 Å². The van der Waals surface area contributed by atoms with Crippen molar-refractivity contribution in [2.45, 2.75) is 38.2 Å². The van der Waals surface area contributed by atoms with E-state index in [4.69, 9.17) is 4.84 Å². The Morgan fingerprint density at radius 3 is 2.75 bits per heavy atom. The first kappa shape index (κ1) is 25.8. The fourth-order valence-electron chi connectivity index (χ4n) is 4.10. The lowest BCUT2D eigenvalue weighted by Crippen LogP contribution is -2.40. The highest BCUT2D eigenvalue weighted by atomic mass is 19.4. The molecule has 0 radical (unpaired) electrons. The van der Waals surface area contributed by atoms with Crippen LogP contribution in [0.5, 0.6) is 0 Å². The molecule has 1 atom stereocenters. The maximum Gasteiger partial charge on any atom is 0.419 e. The minimum absolute atomic E-state index is 0.0397. The number of anilines is 1. The molecule has 0 fully saturated rings. The van der Waals surface area contributed by atoms with Gasteiger partial charge in [0.05, 0.1) is 30.9 Å². The maximum atomic E-state index is 13.5. The number of benzene rings is 1. The van der Waals surface area contributed by atoms with Gasteiger partial charge in [-0.05, 0) is 18.2 Å². The molecule has 196 valence electrons. The Morgan fingerprint density at radius 2 is 2.06 bits per heavy atom. The van der Waals surface area contributed by atoms with E-state index in [2.05, 4.69) is 15.7 Å². The minimum Gasteiger partial charge on any atom is -0.320 e. The molecule has 9 nitrogen and oxygen atoms in total. The van der Waals surface area contributed by atoms with Gasteiger partial charge in [0.1, 0.15) is 17.6 Å². The van der Waals surface area contributed by atoms with Crippen molar-refractivity contribution in [1.29, 1.82) is 0 Å². The monoisotopic (exact) mass is 520 g/mol. The highest BCUT2D eigenvalue weighted by Gasteiger charge is 2.36. The highest BCUT2D eigenvalue weighted by Crippen LogP contribution is 2.33. The number of fused-ring (bicyclic) bond motifs is 3. The zero-order valence-electron chi connectivity index (χ0n) is 18.9. The third kappa shape index (κ3) is 5.41. The first-order valence-corrected chi connectivity index (χ1v) is 10.9. The Bertz CT molecular complexity index is 1150. The molecule has 2 aromatic rings. The number of rotatable bonds is 5. The molecule has 36 heavy (non-hydrogen) atoms. The normalized spacial score (nSPS) is 18.2. The Labute approximate surface area is 200 Å². The van der Waals surface area contributed by atoms with Crippen LogP contribution in [0.15, 0.2) is 18.2 Å². The maximum absolute atomic E-state index is 13.5. The average molecular weight is 520 g/mol. The summed E-state index contributed by atoms with van der Waals surface area (Å²) in [7, 11) is 1.37. The second-order valence-electron chi connectivity index (χ2n) is 8.33. The van der Waals surface area contributed by atoms with Gasteiger partial charge in [-0.3, -0.25) is 14.3 Å². The van der Waals surface area contributed by atoms with Crippen molar-refractivity contribution in [3.05, 3.63) is 46.5 Å². The fraction of sp³-hybridized carbons (Fsp3) is 0.476. The number of alkyl halides is 5. The number of aromatic nitrogens is 2. The molecule has 4 rings (SSSR count). The number of hydrogen-bond donors (Lipinski definition) is 2. The molecular formula is C21H22F6N6O3. The SMILES string of the molecule is CN1OC(CNCC(F)F)Cn2nc3c(c2C1=O)CN(C(=O)Nc1ccc(F)c(C(F)(F)F)c1)CC3. The van der Waals surface area contributed by atoms with Crippen LogP contribution in [-0.4, -0.2) is 70.9 Å². The number of amides is 3. The van der Waals surface area contributed by atoms with Crippen molar-refractivity contribution in [2.24, 2.45) is 0 Å². The van der Waals surface area contributed by atoms with E-state index >= 15 is 0 Å². The summed E-state index contributed by atoms with van der Waals surface area (Å²) < 4.78 is 78.8. The van der Waals surface area contributed by atoms with Crippen LogP contribution < -0.4 is 10.6 Å². The molecule has 2 aliphatic rings. The number of hydroxylamine groups is 2. The topological polar surface area (TPSA) is 91.7 Å². The van der Waals surface area contributed by atoms with Crippen LogP contribution in [0.25, 0.3) is 0 Å². The van der Waals surface area contributed by atoms with Gasteiger partial charge in [0.2, 0.25) is 0 Å². The van der Waals surface area contributed by atoms with Gasteiger partial charge in [0.25, 0.3) is 12.3 Å². The Hall–Kier alpha value is -3.33. The van der Waals surface area contributed by atoms with Crippen LogP contribution in [-0.2, 0) is 30.5 Å². The van der Waals surface area contributed by atoms with Crippen molar-refractivity contribution in [1.82, 2.24) is 25.1 Å². The van der Waals surface area contributed by atoms with Gasteiger partial charge >= 0.3 is 12.2 Å². The number of nitrogens with zero attached hydrogens (tertiary/aromatic N) is 4. The summed E-state index contributed by atoms with van der Waals surface area (Å²) in [6, 6.07) is 1.40. The zero-order valence-corrected chi connectivity index (χ0v) is 18.9. The van der Waals surface area contributed by atoms with Crippen LogP contribution in [0.2, 0.25) is 0 Å². The zero-order chi connectivity index (χ0) is 26.2. The molecule has 0 saturated carbocycles. The van der Waals surface area contributed by atoms with E-state index in [1.165, 1.54) is 16.6 Å². The Balaban J connectivity index is 1.50. The van der Waals surface area contributed by atoms with Gasteiger partial charge in [-0.2, -0.15) is 18.3 Å². The predicted molar refractivity (Wildman–Crippen MR) is 113 cm³/mol. The highest BCUT2D eigenvalue weighted by molar-refractivity contribution is 5.94. The smallest absolute Gasteiger partial charge is 0.320 e. The first-order valence-electron chi connectivity index (χ1n) is 10.9. The number of carbonyl (C=O) groups excluding carboxylic acids is 2. The van der Waals surface area contributed by atoms with Crippen LogP contribution in [0.4, 0.5) is 36.8 Å². The number of nitrogens with one attached hydrogen (secondary N) is 2. The van der Waals surface area contributed by atoms with E-state index in [0.29, 0.717) is 23.4 Å². The molecule has 3 amide bonds. The standard InChI is InChI=1S/C21H22F6N6O3/c1-31-19(34)18-13-10-32(20(35)29-11-2-3-15(22)14(6-11)21(25,26)27)5-4-16(13)30-33(18)9-12(36-31)7-28-8-17(23)24/h2-3,6,12,17,28H,4-5,7-10H2,1H3,(H,29,35). The molecule has 1 aromatic carbocycles. The van der Waals surface area contributed by atoms with Gasteiger partial charge in [-0.15, -0.1) is 0 Å². The van der Waals surface area contributed by atoms with Crippen molar-refractivity contribution >= 4 is 17.6 Å². The molecule has 0 bridgehead atoms. The number of urea groups is 1. The summed E-state index contributed by atoms with van der Waals surface area (Å²) in [5, 5.41) is 10.3. The Morgan fingerprint density at radius 1 is 1.31 bits per heavy atom. The van der Waals surface area contributed by atoms with Crippen LogP contribution in [0.1, 0.15) is 27.3 Å². The molecule has 15 heteroatoms. The lowest BCUT2D eigenvalue weighted by atomic mass is 10.1. The van der Waals surface area contributed by atoms with Crippen LogP contribution in [0.3, 0.4) is 0 Å². The van der Waals surface area contributed by atoms with E-state index in [-0.39, 0.29) is 44.0 Å². The molecule has 0 aliphatic carbocycles.